The summed E-state index contributed by atoms with van der Waals surface area (Å²) in [4.78, 5) is 0. The van der Waals surface area contributed by atoms with Crippen LogP contribution in [0.1, 0.15) is 0 Å². The Balaban J connectivity index is 0. The van der Waals surface area contributed by atoms with E-state index in [2.05, 4.69) is 0 Å². The van der Waals surface area contributed by atoms with E-state index in [9.17, 15) is 0 Å². The third kappa shape index (κ3) is 9.91. The summed E-state index contributed by atoms with van der Waals surface area (Å²) in [5.74, 6) is 0. The quantitative estimate of drug-likeness (QED) is 0.326. The summed E-state index contributed by atoms with van der Waals surface area (Å²) in [6.07, 6.45) is 0. The Bertz CT molecular complexity index is 3.25. The van der Waals surface area contributed by atoms with E-state index in [1.165, 1.54) is 0 Å². The molecule has 4 heteroatoms. The third-order valence-corrected chi connectivity index (χ3v) is 0. The molecule has 0 unspecified atom stereocenters. The zero-order valence-corrected chi connectivity index (χ0v) is 5.73. The first-order valence-electron chi connectivity index (χ1n) is 0. The average molecular weight is 181 g/mol. The normalized spacial score (nSPS) is 0. The van der Waals surface area contributed by atoms with Crippen LogP contribution < -0.4 is 37.2 Å². The molecule has 0 saturated heterocycles. The molecule has 0 fully saturated rings. The van der Waals surface area contributed by atoms with Gasteiger partial charge in [-0.25, -0.2) is 0 Å². The van der Waals surface area contributed by atoms with Crippen LogP contribution in [0.2, 0.25) is 0 Å². The first-order valence-corrected chi connectivity index (χ1v) is 0. The van der Waals surface area contributed by atoms with Gasteiger partial charge in [-0.05, 0) is 0 Å². The smallest absolute Gasteiger partial charge is 1.00 e. The van der Waals surface area contributed by atoms with E-state index in [1.807, 2.05) is 0 Å². The van der Waals surface area contributed by atoms with Gasteiger partial charge in [-0.3, -0.25) is 0 Å². The SMILES string of the molecule is [As+3].[Cl-].[Cl-].[Cl-]. The molecular formula is AsCl3. The van der Waals surface area contributed by atoms with Crippen molar-refractivity contribution in [1.82, 2.24) is 0 Å². The molecule has 2 radical (unpaired) electrons. The maximum atomic E-state index is 0. The molecule has 0 aromatic heterocycles. The molecule has 0 atom stereocenters. The minimum absolute atomic E-state index is 0. The van der Waals surface area contributed by atoms with E-state index in [1.54, 1.807) is 0 Å². The van der Waals surface area contributed by atoms with E-state index in [4.69, 9.17) is 0 Å². The largest absolute Gasteiger partial charge is 3.00 e. The van der Waals surface area contributed by atoms with Gasteiger partial charge in [0.2, 0.25) is 0 Å². The molecule has 0 saturated carbocycles. The summed E-state index contributed by atoms with van der Waals surface area (Å²) in [5.41, 5.74) is 0. The van der Waals surface area contributed by atoms with Crippen LogP contribution in [-0.4, -0.2) is 18.0 Å². The minimum atomic E-state index is 0. The van der Waals surface area contributed by atoms with E-state index in [0.29, 0.717) is 0 Å². The van der Waals surface area contributed by atoms with E-state index < -0.39 is 0 Å². The Morgan fingerprint density at radius 1 is 0.500 bits per heavy atom. The maximum Gasteiger partial charge on any atom is 3.00 e. The van der Waals surface area contributed by atoms with E-state index in [0.717, 1.165) is 0 Å². The second-order valence-corrected chi connectivity index (χ2v) is 0. The van der Waals surface area contributed by atoms with Crippen molar-refractivity contribution in [2.75, 3.05) is 0 Å². The van der Waals surface area contributed by atoms with Crippen molar-refractivity contribution in [2.24, 2.45) is 0 Å². The summed E-state index contributed by atoms with van der Waals surface area (Å²) in [6, 6.07) is 0. The fourth-order valence-corrected chi connectivity index (χ4v) is 0. The second kappa shape index (κ2) is 25.5. The van der Waals surface area contributed by atoms with Gasteiger partial charge < -0.3 is 37.2 Å². The van der Waals surface area contributed by atoms with Gasteiger partial charge >= 0.3 is 18.0 Å². The predicted molar refractivity (Wildman–Crippen MR) is 5.75 cm³/mol. The van der Waals surface area contributed by atoms with Crippen molar-refractivity contribution in [3.05, 3.63) is 0 Å². The Morgan fingerprint density at radius 2 is 0.500 bits per heavy atom. The van der Waals surface area contributed by atoms with Gasteiger partial charge in [-0.15, -0.1) is 0 Å². The second-order valence-electron chi connectivity index (χ2n) is 0. The third-order valence-electron chi connectivity index (χ3n) is 0. The van der Waals surface area contributed by atoms with Gasteiger partial charge in [0, 0.05) is 0 Å². The summed E-state index contributed by atoms with van der Waals surface area (Å²) in [5, 5.41) is 0. The number of hydrogen-bond donors (Lipinski definition) is 0. The van der Waals surface area contributed by atoms with Crippen LogP contribution in [0.15, 0.2) is 0 Å². The zero-order chi connectivity index (χ0) is 0. The summed E-state index contributed by atoms with van der Waals surface area (Å²) >= 11 is 0. The molecule has 0 N–H and O–H groups in total. The Labute approximate surface area is 55.3 Å². The molecule has 4 heavy (non-hydrogen) atoms. The van der Waals surface area contributed by atoms with Crippen LogP contribution >= 0.6 is 0 Å². The van der Waals surface area contributed by atoms with Crippen LogP contribution in [0.25, 0.3) is 0 Å². The van der Waals surface area contributed by atoms with Crippen molar-refractivity contribution >= 4 is 18.0 Å². The fraction of sp³-hybridized carbons (Fsp3) is 0. The first kappa shape index (κ1) is 52.2. The van der Waals surface area contributed by atoms with Crippen LogP contribution in [-0.2, 0) is 0 Å². The summed E-state index contributed by atoms with van der Waals surface area (Å²) in [7, 11) is 0. The molecule has 0 aliphatic carbocycles. The Kier molecular flexibility index (Phi) is 333. The zero-order valence-electron chi connectivity index (χ0n) is 1.58. The molecule has 0 nitrogen and oxygen atoms in total. The monoisotopic (exact) mass is 180 g/mol. The van der Waals surface area contributed by atoms with Crippen molar-refractivity contribution in [1.29, 1.82) is 0 Å². The number of hydrogen-bond acceptors (Lipinski definition) is 0. The predicted octanol–water partition coefficient (Wildman–Crippen LogP) is -9.37. The number of rotatable bonds is 0. The van der Waals surface area contributed by atoms with Crippen molar-refractivity contribution < 1.29 is 37.2 Å². The van der Waals surface area contributed by atoms with Crippen LogP contribution in [0.5, 0.6) is 0 Å². The van der Waals surface area contributed by atoms with E-state index >= 15 is 0 Å². The van der Waals surface area contributed by atoms with Crippen molar-refractivity contribution in [3.63, 3.8) is 0 Å². The fourth-order valence-electron chi connectivity index (χ4n) is 0. The molecule has 0 rings (SSSR count). The average Bonchev–Trinajstić information content (AvgIpc) is 0. The molecule has 0 aliphatic heterocycles. The topological polar surface area (TPSA) is 0 Å². The Morgan fingerprint density at radius 3 is 0.500 bits per heavy atom. The molecule has 26 valence electrons. The first-order chi connectivity index (χ1) is 0. The van der Waals surface area contributed by atoms with Gasteiger partial charge in [-0.2, -0.15) is 0 Å². The Hall–Kier alpha value is 1.43. The standard InChI is InChI=1S/As.3ClH/h;3*1H/q+3;;;/p-3. The molecule has 0 heterocycles. The van der Waals surface area contributed by atoms with Gasteiger partial charge in [0.1, 0.15) is 0 Å². The molecule has 0 spiro atoms. The van der Waals surface area contributed by atoms with Crippen molar-refractivity contribution in [3.8, 4) is 0 Å². The minimum Gasteiger partial charge on any atom is -1.00 e. The molecule has 0 aromatic rings. The van der Waals surface area contributed by atoms with Gasteiger partial charge in [-0.1, -0.05) is 0 Å². The van der Waals surface area contributed by atoms with Gasteiger partial charge in [0.05, 0.1) is 0 Å². The van der Waals surface area contributed by atoms with Gasteiger partial charge in [0.15, 0.2) is 0 Å². The molecule has 0 amide bonds. The maximum absolute atomic E-state index is 0. The summed E-state index contributed by atoms with van der Waals surface area (Å²) in [6.45, 7) is 0. The molecule has 0 aromatic carbocycles. The molecule has 0 aliphatic rings. The number of halogens is 3. The van der Waals surface area contributed by atoms with Crippen molar-refractivity contribution in [2.45, 2.75) is 0 Å². The van der Waals surface area contributed by atoms with Gasteiger partial charge in [0.25, 0.3) is 0 Å². The van der Waals surface area contributed by atoms with E-state index in [-0.39, 0.29) is 55.2 Å². The molecular weight excluding hydrogens is 181 g/mol. The van der Waals surface area contributed by atoms with Crippen LogP contribution in [0.4, 0.5) is 0 Å². The molecule has 0 bridgehead atoms. The summed E-state index contributed by atoms with van der Waals surface area (Å²) < 4.78 is 0. The van der Waals surface area contributed by atoms with Crippen LogP contribution in [0, 0.1) is 0 Å². The van der Waals surface area contributed by atoms with Crippen LogP contribution in [0.3, 0.4) is 0 Å².